The molecule has 0 spiro atoms. The lowest BCUT2D eigenvalue weighted by atomic mass is 10.2. The minimum Gasteiger partial charge on any atom is -0.369 e. The Morgan fingerprint density at radius 2 is 2.24 bits per heavy atom. The molecule has 0 aliphatic carbocycles. The molecule has 0 aliphatic heterocycles. The second-order valence-electron chi connectivity index (χ2n) is 4.62. The van der Waals surface area contributed by atoms with Crippen molar-refractivity contribution < 1.29 is 4.79 Å². The van der Waals surface area contributed by atoms with Gasteiger partial charge in [-0.3, -0.25) is 4.79 Å². The lowest BCUT2D eigenvalue weighted by molar-refractivity contribution is 0.0949. The molecule has 0 saturated carbocycles. The number of pyridine rings is 1. The number of carbonyl (C=O) groups excluding carboxylic acids is 1. The molecule has 0 radical (unpaired) electrons. The number of amides is 1. The molecule has 1 amide bonds. The Hall–Kier alpha value is -2.08. The second-order valence-corrected chi connectivity index (χ2v) is 5.03. The molecule has 2 aromatic heterocycles. The van der Waals surface area contributed by atoms with Crippen molar-refractivity contribution >= 4 is 23.3 Å². The van der Waals surface area contributed by atoms with Crippen molar-refractivity contribution in [3.8, 4) is 0 Å². The fourth-order valence-corrected chi connectivity index (χ4v) is 2.00. The summed E-state index contributed by atoms with van der Waals surface area (Å²) in [6.07, 6.45) is 6.00. The van der Waals surface area contributed by atoms with Gasteiger partial charge in [0.05, 0.1) is 17.1 Å². The summed E-state index contributed by atoms with van der Waals surface area (Å²) in [4.78, 5) is 20.4. The van der Waals surface area contributed by atoms with Crippen LogP contribution in [0, 0.1) is 0 Å². The highest BCUT2D eigenvalue weighted by atomic mass is 35.5. The molecule has 7 heteroatoms. The average molecular weight is 308 g/mol. The van der Waals surface area contributed by atoms with E-state index in [1.165, 1.54) is 6.20 Å². The highest BCUT2D eigenvalue weighted by Gasteiger charge is 2.10. The minimum atomic E-state index is -0.227. The van der Waals surface area contributed by atoms with Crippen LogP contribution in [0.4, 0.5) is 5.82 Å². The lowest BCUT2D eigenvalue weighted by Gasteiger charge is -2.08. The molecule has 2 N–H and O–H groups in total. The van der Waals surface area contributed by atoms with Crippen LogP contribution in [0.15, 0.2) is 24.7 Å². The third kappa shape index (κ3) is 3.95. The third-order valence-electron chi connectivity index (χ3n) is 2.97. The number of nitrogens with zero attached hydrogens (tertiary/aromatic N) is 3. The van der Waals surface area contributed by atoms with E-state index < -0.39 is 0 Å². The fraction of sp³-hybridized carbons (Fsp3) is 0.357. The Balaban J connectivity index is 1.99. The number of hydrogen-bond donors (Lipinski definition) is 2. The van der Waals surface area contributed by atoms with Crippen molar-refractivity contribution in [2.24, 2.45) is 7.05 Å². The topological polar surface area (TPSA) is 71.8 Å². The van der Waals surface area contributed by atoms with Gasteiger partial charge in [-0.25, -0.2) is 9.97 Å². The maximum absolute atomic E-state index is 12.1. The van der Waals surface area contributed by atoms with Crippen molar-refractivity contribution in [3.63, 3.8) is 0 Å². The Bertz CT molecular complexity index is 626. The van der Waals surface area contributed by atoms with E-state index in [-0.39, 0.29) is 5.91 Å². The van der Waals surface area contributed by atoms with Crippen LogP contribution in [-0.2, 0) is 13.6 Å². The Morgan fingerprint density at radius 3 is 2.86 bits per heavy atom. The first-order chi connectivity index (χ1) is 10.1. The van der Waals surface area contributed by atoms with E-state index in [1.807, 2.05) is 17.8 Å². The average Bonchev–Trinajstić information content (AvgIpc) is 2.88. The van der Waals surface area contributed by atoms with Gasteiger partial charge in [-0.2, -0.15) is 0 Å². The van der Waals surface area contributed by atoms with Gasteiger partial charge in [0.1, 0.15) is 11.6 Å². The molecule has 112 valence electrons. The van der Waals surface area contributed by atoms with Crippen molar-refractivity contribution in [2.75, 3.05) is 11.9 Å². The van der Waals surface area contributed by atoms with E-state index in [9.17, 15) is 4.79 Å². The number of hydrogen-bond acceptors (Lipinski definition) is 4. The number of nitrogens with one attached hydrogen (secondary N) is 2. The molecule has 2 heterocycles. The monoisotopic (exact) mass is 307 g/mol. The Kier molecular flexibility index (Phi) is 5.16. The van der Waals surface area contributed by atoms with Gasteiger partial charge < -0.3 is 15.2 Å². The van der Waals surface area contributed by atoms with Crippen LogP contribution in [0.3, 0.4) is 0 Å². The smallest absolute Gasteiger partial charge is 0.253 e. The molecule has 0 saturated heterocycles. The molecule has 0 aromatic carbocycles. The first-order valence-corrected chi connectivity index (χ1v) is 7.13. The molecule has 2 rings (SSSR count). The first kappa shape index (κ1) is 15.3. The number of carbonyl (C=O) groups is 1. The van der Waals surface area contributed by atoms with Gasteiger partial charge in [0.15, 0.2) is 0 Å². The van der Waals surface area contributed by atoms with Crippen LogP contribution < -0.4 is 10.6 Å². The van der Waals surface area contributed by atoms with E-state index >= 15 is 0 Å². The highest BCUT2D eigenvalue weighted by Crippen LogP contribution is 2.20. The SMILES string of the molecule is CCCNc1ncc(C(=O)NCc2nccn2C)cc1Cl. The number of rotatable bonds is 6. The van der Waals surface area contributed by atoms with E-state index in [4.69, 9.17) is 11.6 Å². The highest BCUT2D eigenvalue weighted by molar-refractivity contribution is 6.33. The van der Waals surface area contributed by atoms with Gasteiger partial charge in [0.25, 0.3) is 5.91 Å². The number of halogens is 1. The van der Waals surface area contributed by atoms with E-state index in [0.717, 1.165) is 18.8 Å². The van der Waals surface area contributed by atoms with Crippen LogP contribution in [-0.4, -0.2) is 27.0 Å². The zero-order valence-electron chi connectivity index (χ0n) is 12.1. The predicted molar refractivity (Wildman–Crippen MR) is 82.4 cm³/mol. The summed E-state index contributed by atoms with van der Waals surface area (Å²) in [5.41, 5.74) is 0.427. The third-order valence-corrected chi connectivity index (χ3v) is 3.26. The van der Waals surface area contributed by atoms with Gasteiger partial charge in [-0.05, 0) is 12.5 Å². The van der Waals surface area contributed by atoms with Gasteiger partial charge >= 0.3 is 0 Å². The molecule has 0 aliphatic rings. The van der Waals surface area contributed by atoms with Crippen molar-refractivity contribution in [1.29, 1.82) is 0 Å². The van der Waals surface area contributed by atoms with Crippen molar-refractivity contribution in [2.45, 2.75) is 19.9 Å². The van der Waals surface area contributed by atoms with Crippen molar-refractivity contribution in [1.82, 2.24) is 19.9 Å². The molecule has 2 aromatic rings. The number of aryl methyl sites for hydroxylation is 1. The van der Waals surface area contributed by atoms with Crippen LogP contribution in [0.25, 0.3) is 0 Å². The molecule has 0 bridgehead atoms. The number of anilines is 1. The second kappa shape index (κ2) is 7.08. The van der Waals surface area contributed by atoms with Gasteiger partial charge in [0.2, 0.25) is 0 Å². The van der Waals surface area contributed by atoms with Crippen LogP contribution in [0.2, 0.25) is 5.02 Å². The summed E-state index contributed by atoms with van der Waals surface area (Å²) >= 11 is 6.11. The number of aromatic nitrogens is 3. The lowest BCUT2D eigenvalue weighted by Crippen LogP contribution is -2.24. The summed E-state index contributed by atoms with van der Waals surface area (Å²) < 4.78 is 1.85. The van der Waals surface area contributed by atoms with E-state index in [2.05, 4.69) is 27.5 Å². The zero-order valence-corrected chi connectivity index (χ0v) is 12.8. The summed E-state index contributed by atoms with van der Waals surface area (Å²) in [5.74, 6) is 1.15. The first-order valence-electron chi connectivity index (χ1n) is 6.75. The van der Waals surface area contributed by atoms with Crippen LogP contribution in [0.1, 0.15) is 29.5 Å². The maximum Gasteiger partial charge on any atom is 0.253 e. The molecular weight excluding hydrogens is 290 g/mol. The normalized spacial score (nSPS) is 10.4. The number of imidazole rings is 1. The van der Waals surface area contributed by atoms with Gasteiger partial charge in [-0.1, -0.05) is 18.5 Å². The van der Waals surface area contributed by atoms with Crippen LogP contribution >= 0.6 is 11.6 Å². The molecular formula is C14H18ClN5O. The van der Waals surface area contributed by atoms with Gasteiger partial charge in [0, 0.05) is 32.2 Å². The van der Waals surface area contributed by atoms with Crippen LogP contribution in [0.5, 0.6) is 0 Å². The maximum atomic E-state index is 12.1. The Labute approximate surface area is 128 Å². The van der Waals surface area contributed by atoms with Crippen molar-refractivity contribution in [3.05, 3.63) is 41.1 Å². The standard InChI is InChI=1S/C14H18ClN5O/c1-3-4-17-13-11(15)7-10(8-18-13)14(21)19-9-12-16-5-6-20(12)2/h5-8H,3-4,9H2,1-2H3,(H,17,18)(H,19,21). The summed E-state index contributed by atoms with van der Waals surface area (Å²) in [5, 5.41) is 6.33. The predicted octanol–water partition coefficient (Wildman–Crippen LogP) is 2.22. The Morgan fingerprint density at radius 1 is 1.43 bits per heavy atom. The molecule has 0 unspecified atom stereocenters. The molecule has 21 heavy (non-hydrogen) atoms. The molecule has 6 nitrogen and oxygen atoms in total. The summed E-state index contributed by atoms with van der Waals surface area (Å²) in [7, 11) is 1.88. The van der Waals surface area contributed by atoms with E-state index in [0.29, 0.717) is 22.9 Å². The summed E-state index contributed by atoms with van der Waals surface area (Å²) in [6.45, 7) is 3.20. The largest absolute Gasteiger partial charge is 0.369 e. The quantitative estimate of drug-likeness (QED) is 0.858. The molecule has 0 fully saturated rings. The molecule has 0 atom stereocenters. The zero-order chi connectivity index (χ0) is 15.2. The minimum absolute atomic E-state index is 0.227. The van der Waals surface area contributed by atoms with E-state index in [1.54, 1.807) is 12.3 Å². The van der Waals surface area contributed by atoms with Gasteiger partial charge in [-0.15, -0.1) is 0 Å². The summed E-state index contributed by atoms with van der Waals surface area (Å²) in [6, 6.07) is 1.61. The fourth-order valence-electron chi connectivity index (χ4n) is 1.76.